The Labute approximate surface area is 204 Å². The number of rotatable bonds is 6. The summed E-state index contributed by atoms with van der Waals surface area (Å²) in [4.78, 5) is 12.9. The molecule has 0 unspecified atom stereocenters. The zero-order chi connectivity index (χ0) is 24.0. The fraction of sp³-hybridized carbons (Fsp3) is 0.321. The minimum absolute atomic E-state index is 0.00583. The normalized spacial score (nSPS) is 19.6. The van der Waals surface area contributed by atoms with Gasteiger partial charge >= 0.3 is 0 Å². The van der Waals surface area contributed by atoms with Gasteiger partial charge in [-0.1, -0.05) is 18.2 Å². The maximum atomic E-state index is 13.5. The number of hydrogen-bond donors (Lipinski definition) is 2. The van der Waals surface area contributed by atoms with Crippen LogP contribution in [0.25, 0.3) is 10.9 Å². The summed E-state index contributed by atoms with van der Waals surface area (Å²) in [7, 11) is 1.67. The van der Waals surface area contributed by atoms with Gasteiger partial charge in [0.2, 0.25) is 0 Å². The van der Waals surface area contributed by atoms with E-state index in [1.165, 1.54) is 23.1 Å². The maximum absolute atomic E-state index is 13.5. The molecule has 1 spiro atoms. The molecule has 6 nitrogen and oxygen atoms in total. The van der Waals surface area contributed by atoms with Crippen molar-refractivity contribution in [2.75, 3.05) is 33.4 Å². The standard InChI is InChI=1S/C28H29FN4O2/c1-35-22-9-10-23-24(12-22)31-27-25(15-34)33(13-19-5-7-20(29)8-6-19)18-28(26(23)27)16-32(17-28)14-21-4-2-3-11-30-21/h2-12,25,31,34H,13-18H2,1H3/t25-/m1/s1. The van der Waals surface area contributed by atoms with E-state index in [9.17, 15) is 9.50 Å². The zero-order valence-electron chi connectivity index (χ0n) is 19.7. The van der Waals surface area contributed by atoms with Crippen molar-refractivity contribution >= 4 is 10.9 Å². The first-order valence-corrected chi connectivity index (χ1v) is 12.0. The average molecular weight is 473 g/mol. The Morgan fingerprint density at radius 1 is 1.09 bits per heavy atom. The lowest BCUT2D eigenvalue weighted by atomic mass is 9.68. The van der Waals surface area contributed by atoms with Gasteiger partial charge in [0.25, 0.3) is 0 Å². The van der Waals surface area contributed by atoms with Gasteiger partial charge in [0.05, 0.1) is 25.5 Å². The molecule has 1 atom stereocenters. The lowest BCUT2D eigenvalue weighted by molar-refractivity contribution is -0.0124. The highest BCUT2D eigenvalue weighted by atomic mass is 19.1. The van der Waals surface area contributed by atoms with Crippen LogP contribution in [-0.4, -0.2) is 58.2 Å². The van der Waals surface area contributed by atoms with Crippen molar-refractivity contribution in [2.45, 2.75) is 24.5 Å². The molecule has 2 aromatic heterocycles. The van der Waals surface area contributed by atoms with Gasteiger partial charge in [-0.3, -0.25) is 14.8 Å². The van der Waals surface area contributed by atoms with Gasteiger partial charge < -0.3 is 14.8 Å². The lowest BCUT2D eigenvalue weighted by Gasteiger charge is -2.56. The molecule has 2 N–H and O–H groups in total. The number of ether oxygens (including phenoxy) is 1. The molecule has 1 saturated heterocycles. The van der Waals surface area contributed by atoms with E-state index in [1.54, 1.807) is 7.11 Å². The molecule has 0 radical (unpaired) electrons. The highest BCUT2D eigenvalue weighted by molar-refractivity contribution is 5.88. The van der Waals surface area contributed by atoms with Gasteiger partial charge in [-0.15, -0.1) is 0 Å². The molecular formula is C28H29FN4O2. The maximum Gasteiger partial charge on any atom is 0.123 e. The Morgan fingerprint density at radius 3 is 2.63 bits per heavy atom. The van der Waals surface area contributed by atoms with Crippen molar-refractivity contribution in [3.8, 4) is 5.75 Å². The van der Waals surface area contributed by atoms with Crippen molar-refractivity contribution in [3.05, 3.63) is 95.2 Å². The van der Waals surface area contributed by atoms with Crippen LogP contribution in [0.3, 0.4) is 0 Å². The Balaban J connectivity index is 1.38. The van der Waals surface area contributed by atoms with E-state index in [-0.39, 0.29) is 23.9 Å². The van der Waals surface area contributed by atoms with E-state index in [4.69, 9.17) is 4.74 Å². The van der Waals surface area contributed by atoms with Gasteiger partial charge in [-0.25, -0.2) is 4.39 Å². The predicted molar refractivity (Wildman–Crippen MR) is 133 cm³/mol. The van der Waals surface area contributed by atoms with Crippen LogP contribution in [0.4, 0.5) is 4.39 Å². The van der Waals surface area contributed by atoms with Crippen LogP contribution in [0.15, 0.2) is 66.9 Å². The molecule has 180 valence electrons. The van der Waals surface area contributed by atoms with Crippen LogP contribution < -0.4 is 4.74 Å². The first-order valence-electron chi connectivity index (χ1n) is 12.0. The Hall–Kier alpha value is -3.26. The van der Waals surface area contributed by atoms with Crippen molar-refractivity contribution in [3.63, 3.8) is 0 Å². The van der Waals surface area contributed by atoms with Gasteiger partial charge in [0.1, 0.15) is 11.6 Å². The third-order valence-corrected chi connectivity index (χ3v) is 7.48. The van der Waals surface area contributed by atoms with E-state index in [0.717, 1.165) is 54.4 Å². The number of nitrogens with one attached hydrogen (secondary N) is 1. The molecule has 6 rings (SSSR count). The smallest absolute Gasteiger partial charge is 0.123 e. The van der Waals surface area contributed by atoms with Gasteiger partial charge in [-0.05, 0) is 47.5 Å². The molecule has 2 aliphatic heterocycles. The number of aliphatic hydroxyl groups excluding tert-OH is 1. The summed E-state index contributed by atoms with van der Waals surface area (Å²) in [6, 6.07) is 18.7. The van der Waals surface area contributed by atoms with E-state index in [0.29, 0.717) is 6.54 Å². The summed E-state index contributed by atoms with van der Waals surface area (Å²) in [5.74, 6) is 0.567. The molecule has 0 amide bonds. The number of pyridine rings is 1. The fourth-order valence-corrected chi connectivity index (χ4v) is 6.00. The number of fused-ring (bicyclic) bond motifs is 4. The average Bonchev–Trinajstić information content (AvgIpc) is 3.24. The summed E-state index contributed by atoms with van der Waals surface area (Å²) < 4.78 is 19.0. The molecule has 2 aliphatic rings. The third-order valence-electron chi connectivity index (χ3n) is 7.48. The minimum atomic E-state index is -0.237. The lowest BCUT2D eigenvalue weighted by Crippen LogP contribution is -2.65. The van der Waals surface area contributed by atoms with Crippen LogP contribution in [0.1, 0.15) is 28.6 Å². The monoisotopic (exact) mass is 472 g/mol. The highest BCUT2D eigenvalue weighted by Crippen LogP contribution is 2.49. The molecular weight excluding hydrogens is 443 g/mol. The second-order valence-electron chi connectivity index (χ2n) is 9.80. The molecule has 7 heteroatoms. The molecule has 0 saturated carbocycles. The first kappa shape index (κ1) is 22.2. The van der Waals surface area contributed by atoms with Crippen molar-refractivity contribution in [1.82, 2.24) is 19.8 Å². The molecule has 1 fully saturated rings. The zero-order valence-corrected chi connectivity index (χ0v) is 19.7. The van der Waals surface area contributed by atoms with E-state index >= 15 is 0 Å². The van der Waals surface area contributed by atoms with Crippen LogP contribution in [0.5, 0.6) is 5.75 Å². The number of halogens is 1. The van der Waals surface area contributed by atoms with E-state index in [2.05, 4.69) is 31.9 Å². The van der Waals surface area contributed by atoms with Gasteiger partial charge in [0.15, 0.2) is 0 Å². The molecule has 35 heavy (non-hydrogen) atoms. The number of aromatic nitrogens is 2. The molecule has 0 bridgehead atoms. The van der Waals surface area contributed by atoms with Crippen LogP contribution in [-0.2, 0) is 18.5 Å². The number of aromatic amines is 1. The second-order valence-corrected chi connectivity index (χ2v) is 9.80. The fourth-order valence-electron chi connectivity index (χ4n) is 6.00. The number of nitrogens with zero attached hydrogens (tertiary/aromatic N) is 3. The molecule has 4 aromatic rings. The Bertz CT molecular complexity index is 1330. The summed E-state index contributed by atoms with van der Waals surface area (Å²) in [5, 5.41) is 11.7. The van der Waals surface area contributed by atoms with Gasteiger partial charge in [0, 0.05) is 67.0 Å². The van der Waals surface area contributed by atoms with Crippen LogP contribution in [0, 0.1) is 5.82 Å². The number of likely N-dealkylation sites (tertiary alicyclic amines) is 1. The second kappa shape index (κ2) is 8.75. The molecule has 0 aliphatic carbocycles. The highest BCUT2D eigenvalue weighted by Gasteiger charge is 2.52. The SMILES string of the molecule is COc1ccc2c3c([nH]c2c1)[C@@H](CO)N(Cc1ccc(F)cc1)CC31CN(Cc2ccccn2)C1. The van der Waals surface area contributed by atoms with Crippen molar-refractivity contribution in [1.29, 1.82) is 0 Å². The van der Waals surface area contributed by atoms with E-state index < -0.39 is 0 Å². The minimum Gasteiger partial charge on any atom is -0.497 e. The molecule has 4 heterocycles. The third kappa shape index (κ3) is 3.89. The van der Waals surface area contributed by atoms with Gasteiger partial charge in [-0.2, -0.15) is 0 Å². The largest absolute Gasteiger partial charge is 0.497 e. The summed E-state index contributed by atoms with van der Waals surface area (Å²) in [6.07, 6.45) is 1.84. The number of hydrogen-bond acceptors (Lipinski definition) is 5. The first-order chi connectivity index (χ1) is 17.1. The Kier molecular flexibility index (Phi) is 5.56. The number of aliphatic hydroxyl groups is 1. The number of methoxy groups -OCH3 is 1. The number of H-pyrrole nitrogens is 1. The van der Waals surface area contributed by atoms with Crippen LogP contribution in [0.2, 0.25) is 0 Å². The summed E-state index contributed by atoms with van der Waals surface area (Å²) in [5.41, 5.74) is 5.44. The summed E-state index contributed by atoms with van der Waals surface area (Å²) in [6.45, 7) is 4.11. The quantitative estimate of drug-likeness (QED) is 0.444. The van der Waals surface area contributed by atoms with Crippen molar-refractivity contribution < 1.29 is 14.2 Å². The predicted octanol–water partition coefficient (Wildman–Crippen LogP) is 4.01. The van der Waals surface area contributed by atoms with Crippen molar-refractivity contribution in [2.24, 2.45) is 0 Å². The number of benzene rings is 2. The van der Waals surface area contributed by atoms with Crippen LogP contribution >= 0.6 is 0 Å². The topological polar surface area (TPSA) is 64.6 Å². The summed E-state index contributed by atoms with van der Waals surface area (Å²) >= 11 is 0. The molecule has 2 aromatic carbocycles. The Morgan fingerprint density at radius 2 is 1.91 bits per heavy atom. The van der Waals surface area contributed by atoms with E-state index in [1.807, 2.05) is 42.6 Å².